The Bertz CT molecular complexity index is 711. The van der Waals surface area contributed by atoms with Crippen molar-refractivity contribution in [1.82, 2.24) is 4.98 Å². The molecule has 0 bridgehead atoms. The van der Waals surface area contributed by atoms with E-state index in [2.05, 4.69) is 37.9 Å². The molecule has 0 spiro atoms. The maximum absolute atomic E-state index is 5.86. The van der Waals surface area contributed by atoms with Crippen LogP contribution in [0.2, 0.25) is 0 Å². The molecule has 0 amide bonds. The van der Waals surface area contributed by atoms with E-state index in [1.807, 2.05) is 30.3 Å². The lowest BCUT2D eigenvalue weighted by atomic mass is 9.98. The van der Waals surface area contributed by atoms with Crippen molar-refractivity contribution in [1.29, 1.82) is 0 Å². The van der Waals surface area contributed by atoms with Crippen LogP contribution in [-0.2, 0) is 0 Å². The van der Waals surface area contributed by atoms with E-state index >= 15 is 0 Å². The molecule has 2 heteroatoms. The molecule has 3 rings (SSSR count). The maximum atomic E-state index is 5.86. The van der Waals surface area contributed by atoms with E-state index in [9.17, 15) is 0 Å². The van der Waals surface area contributed by atoms with E-state index in [-0.39, 0.29) is 0 Å². The van der Waals surface area contributed by atoms with Gasteiger partial charge in [-0.05, 0) is 48.2 Å². The van der Waals surface area contributed by atoms with Crippen LogP contribution >= 0.6 is 0 Å². The first-order chi connectivity index (χ1) is 9.15. The Morgan fingerprint density at radius 3 is 2.47 bits per heavy atom. The van der Waals surface area contributed by atoms with Crippen LogP contribution in [0, 0.1) is 6.92 Å². The van der Waals surface area contributed by atoms with Gasteiger partial charge in [-0.2, -0.15) is 0 Å². The normalized spacial score (nSPS) is 11.4. The number of hydrogen-bond donors (Lipinski definition) is 0. The zero-order chi connectivity index (χ0) is 13.4. The first kappa shape index (κ1) is 12.0. The molecular weight excluding hydrogens is 234 g/mol. The van der Waals surface area contributed by atoms with Crippen LogP contribution in [0.5, 0.6) is 0 Å². The predicted molar refractivity (Wildman–Crippen MR) is 78.3 cm³/mol. The molecule has 0 N–H and O–H groups in total. The summed E-state index contributed by atoms with van der Waals surface area (Å²) in [6.45, 7) is 6.53. The van der Waals surface area contributed by atoms with E-state index in [1.165, 1.54) is 11.1 Å². The van der Waals surface area contributed by atoms with Crippen molar-refractivity contribution < 1.29 is 4.42 Å². The number of aromatic nitrogens is 1. The number of aryl methyl sites for hydroxylation is 1. The van der Waals surface area contributed by atoms with Gasteiger partial charge in [-0.1, -0.05) is 32.0 Å². The van der Waals surface area contributed by atoms with Gasteiger partial charge in [-0.3, -0.25) is 0 Å². The lowest BCUT2D eigenvalue weighted by Gasteiger charge is -2.08. The fraction of sp³-hybridized carbons (Fsp3) is 0.235. The molecule has 0 atom stereocenters. The maximum Gasteiger partial charge on any atom is 0.227 e. The summed E-state index contributed by atoms with van der Waals surface area (Å²) in [5, 5.41) is 0. The minimum atomic E-state index is 0.501. The molecule has 2 aromatic carbocycles. The van der Waals surface area contributed by atoms with Crippen molar-refractivity contribution >= 4 is 11.1 Å². The van der Waals surface area contributed by atoms with Crippen molar-refractivity contribution in [2.45, 2.75) is 26.7 Å². The van der Waals surface area contributed by atoms with Gasteiger partial charge in [0.1, 0.15) is 5.52 Å². The zero-order valence-corrected chi connectivity index (χ0v) is 11.5. The topological polar surface area (TPSA) is 26.0 Å². The van der Waals surface area contributed by atoms with Crippen LogP contribution < -0.4 is 0 Å². The van der Waals surface area contributed by atoms with Crippen molar-refractivity contribution in [2.24, 2.45) is 0 Å². The third-order valence-electron chi connectivity index (χ3n) is 3.42. The van der Waals surface area contributed by atoms with Gasteiger partial charge in [0.15, 0.2) is 5.58 Å². The van der Waals surface area contributed by atoms with E-state index in [4.69, 9.17) is 4.42 Å². The van der Waals surface area contributed by atoms with Gasteiger partial charge in [-0.15, -0.1) is 0 Å². The van der Waals surface area contributed by atoms with Crippen LogP contribution in [0.4, 0.5) is 0 Å². The van der Waals surface area contributed by atoms with Crippen LogP contribution in [0.25, 0.3) is 22.6 Å². The van der Waals surface area contributed by atoms with Gasteiger partial charge in [0, 0.05) is 5.56 Å². The highest BCUT2D eigenvalue weighted by Gasteiger charge is 2.11. The molecule has 96 valence electrons. The first-order valence-corrected chi connectivity index (χ1v) is 6.61. The Hall–Kier alpha value is -2.09. The Balaban J connectivity index is 2.16. The lowest BCUT2D eigenvalue weighted by molar-refractivity contribution is 0.619. The summed E-state index contributed by atoms with van der Waals surface area (Å²) in [4.78, 5) is 4.60. The van der Waals surface area contributed by atoms with E-state index in [0.29, 0.717) is 11.8 Å². The lowest BCUT2D eigenvalue weighted by Crippen LogP contribution is -1.91. The molecule has 0 aliphatic carbocycles. The molecule has 1 aromatic heterocycles. The molecule has 0 aliphatic heterocycles. The predicted octanol–water partition coefficient (Wildman–Crippen LogP) is 4.93. The number of oxazole rings is 1. The molecule has 1 heterocycles. The molecule has 19 heavy (non-hydrogen) atoms. The zero-order valence-electron chi connectivity index (χ0n) is 11.5. The second-order valence-electron chi connectivity index (χ2n) is 5.22. The molecule has 0 saturated heterocycles. The second-order valence-corrected chi connectivity index (χ2v) is 5.22. The highest BCUT2D eigenvalue weighted by Crippen LogP contribution is 2.29. The Morgan fingerprint density at radius 1 is 1.05 bits per heavy atom. The Labute approximate surface area is 113 Å². The van der Waals surface area contributed by atoms with Crippen molar-refractivity contribution in [3.8, 4) is 11.5 Å². The largest absolute Gasteiger partial charge is 0.436 e. The van der Waals surface area contributed by atoms with Crippen LogP contribution in [-0.4, -0.2) is 4.98 Å². The summed E-state index contributed by atoms with van der Waals surface area (Å²) in [7, 11) is 0. The van der Waals surface area contributed by atoms with Gasteiger partial charge >= 0.3 is 0 Å². The summed E-state index contributed by atoms with van der Waals surface area (Å²) in [5.74, 6) is 1.19. The standard InChI is InChI=1S/C17H17NO/c1-11(2)14-10-15-16(9-12(14)3)19-17(18-15)13-7-5-4-6-8-13/h4-11H,1-3H3. The monoisotopic (exact) mass is 251 g/mol. The minimum absolute atomic E-state index is 0.501. The second kappa shape index (κ2) is 4.54. The number of rotatable bonds is 2. The highest BCUT2D eigenvalue weighted by atomic mass is 16.3. The van der Waals surface area contributed by atoms with E-state index in [0.717, 1.165) is 16.7 Å². The summed E-state index contributed by atoms with van der Waals surface area (Å²) < 4.78 is 5.86. The first-order valence-electron chi connectivity index (χ1n) is 6.61. The number of benzene rings is 2. The molecule has 0 radical (unpaired) electrons. The van der Waals surface area contributed by atoms with Crippen molar-refractivity contribution in [3.63, 3.8) is 0 Å². The van der Waals surface area contributed by atoms with Gasteiger partial charge in [0.25, 0.3) is 0 Å². The summed E-state index contributed by atoms with van der Waals surface area (Å²) in [6.07, 6.45) is 0. The van der Waals surface area contributed by atoms with Crippen LogP contribution in [0.3, 0.4) is 0 Å². The van der Waals surface area contributed by atoms with Gasteiger partial charge in [0.2, 0.25) is 5.89 Å². The summed E-state index contributed by atoms with van der Waals surface area (Å²) in [5.41, 5.74) is 5.41. The molecule has 0 unspecified atom stereocenters. The van der Waals surface area contributed by atoms with E-state index in [1.54, 1.807) is 0 Å². The molecule has 0 aliphatic rings. The molecule has 0 fully saturated rings. The van der Waals surface area contributed by atoms with Gasteiger partial charge < -0.3 is 4.42 Å². The average Bonchev–Trinajstić information content (AvgIpc) is 2.81. The molecular formula is C17H17NO. The quantitative estimate of drug-likeness (QED) is 0.645. The van der Waals surface area contributed by atoms with Crippen molar-refractivity contribution in [3.05, 3.63) is 53.6 Å². The number of fused-ring (bicyclic) bond motifs is 1. The highest BCUT2D eigenvalue weighted by molar-refractivity contribution is 5.78. The van der Waals surface area contributed by atoms with E-state index < -0.39 is 0 Å². The fourth-order valence-corrected chi connectivity index (χ4v) is 2.42. The Kier molecular flexibility index (Phi) is 2.86. The van der Waals surface area contributed by atoms with Gasteiger partial charge in [-0.25, -0.2) is 4.98 Å². The van der Waals surface area contributed by atoms with Gasteiger partial charge in [0.05, 0.1) is 0 Å². The summed E-state index contributed by atoms with van der Waals surface area (Å²) in [6, 6.07) is 14.2. The summed E-state index contributed by atoms with van der Waals surface area (Å²) >= 11 is 0. The number of hydrogen-bond acceptors (Lipinski definition) is 2. The van der Waals surface area contributed by atoms with Crippen LogP contribution in [0.1, 0.15) is 30.9 Å². The third-order valence-corrected chi connectivity index (χ3v) is 3.42. The van der Waals surface area contributed by atoms with Crippen molar-refractivity contribution in [2.75, 3.05) is 0 Å². The van der Waals surface area contributed by atoms with Crippen LogP contribution in [0.15, 0.2) is 46.9 Å². The molecule has 0 saturated carbocycles. The molecule has 2 nitrogen and oxygen atoms in total. The number of nitrogens with zero attached hydrogens (tertiary/aromatic N) is 1. The smallest absolute Gasteiger partial charge is 0.227 e. The minimum Gasteiger partial charge on any atom is -0.436 e. The molecule has 3 aromatic rings. The SMILES string of the molecule is Cc1cc2oc(-c3ccccc3)nc2cc1C(C)C. The Morgan fingerprint density at radius 2 is 1.79 bits per heavy atom. The fourth-order valence-electron chi connectivity index (χ4n) is 2.42. The average molecular weight is 251 g/mol. The third kappa shape index (κ3) is 2.14.